The molecule has 2 aromatic rings. The third kappa shape index (κ3) is 3.11. The number of carbonyl (C=O) groups excluding carboxylic acids is 1. The molecule has 0 unspecified atom stereocenters. The number of rotatable bonds is 3. The second-order valence-corrected chi connectivity index (χ2v) is 3.44. The van der Waals surface area contributed by atoms with E-state index in [4.69, 9.17) is 0 Å². The van der Waals surface area contributed by atoms with Gasteiger partial charge in [-0.1, -0.05) is 60.7 Å². The molecule has 2 aromatic carbocycles. The molecule has 0 amide bonds. The first kappa shape index (κ1) is 12.8. The summed E-state index contributed by atoms with van der Waals surface area (Å²) in [6, 6.07) is 19.2. The Bertz CT molecular complexity index is 451. The third-order valence-electron chi connectivity index (χ3n) is 2.41. The van der Waals surface area contributed by atoms with Gasteiger partial charge in [0.15, 0.2) is 0 Å². The van der Waals surface area contributed by atoms with Crippen LogP contribution in [-0.4, -0.2) is 6.08 Å². The highest BCUT2D eigenvalue weighted by atomic mass is 16.1. The van der Waals surface area contributed by atoms with E-state index in [-0.39, 0.29) is 12.2 Å². The minimum Gasteiger partial charge on any atom is -0.344 e. The van der Waals surface area contributed by atoms with Crippen LogP contribution in [0.4, 0.5) is 0 Å². The van der Waals surface area contributed by atoms with Gasteiger partial charge in [0.25, 0.3) is 0 Å². The SMILES string of the molecule is N.O=C=NC(c1ccccc1)c1ccccc1. The van der Waals surface area contributed by atoms with Crippen molar-refractivity contribution in [1.82, 2.24) is 6.15 Å². The van der Waals surface area contributed by atoms with Gasteiger partial charge in [-0.05, 0) is 11.1 Å². The third-order valence-corrected chi connectivity index (χ3v) is 2.41. The average molecular weight is 226 g/mol. The van der Waals surface area contributed by atoms with E-state index in [1.807, 2.05) is 60.7 Å². The Morgan fingerprint density at radius 2 is 1.24 bits per heavy atom. The Morgan fingerprint density at radius 3 is 1.59 bits per heavy atom. The number of nitrogens with zero attached hydrogens (tertiary/aromatic N) is 1. The van der Waals surface area contributed by atoms with E-state index in [1.54, 1.807) is 6.08 Å². The van der Waals surface area contributed by atoms with Gasteiger partial charge in [0.1, 0.15) is 6.04 Å². The lowest BCUT2D eigenvalue weighted by Gasteiger charge is -2.10. The molecule has 86 valence electrons. The standard InChI is InChI=1S/C14H11NO.H3N/c16-11-15-14(12-7-3-1-4-8-12)13-9-5-2-6-10-13;/h1-10,14H;1H3. The summed E-state index contributed by atoms with van der Waals surface area (Å²) in [5, 5.41) is 0. The van der Waals surface area contributed by atoms with Crippen LogP contribution >= 0.6 is 0 Å². The molecular formula is C14H14N2O. The van der Waals surface area contributed by atoms with Crippen LogP contribution in [0.5, 0.6) is 0 Å². The molecule has 0 saturated heterocycles. The van der Waals surface area contributed by atoms with Gasteiger partial charge in [-0.2, -0.15) is 4.99 Å². The van der Waals surface area contributed by atoms with Gasteiger partial charge in [-0.25, -0.2) is 4.79 Å². The molecule has 0 aromatic heterocycles. The van der Waals surface area contributed by atoms with Crippen LogP contribution in [0.3, 0.4) is 0 Å². The van der Waals surface area contributed by atoms with Gasteiger partial charge in [-0.3, -0.25) is 0 Å². The van der Waals surface area contributed by atoms with Gasteiger partial charge < -0.3 is 6.15 Å². The van der Waals surface area contributed by atoms with E-state index in [9.17, 15) is 4.79 Å². The molecule has 0 spiro atoms. The summed E-state index contributed by atoms with van der Waals surface area (Å²) in [5.41, 5.74) is 1.99. The molecule has 17 heavy (non-hydrogen) atoms. The number of benzene rings is 2. The predicted molar refractivity (Wildman–Crippen MR) is 67.9 cm³/mol. The Hall–Kier alpha value is -2.22. The Kier molecular flexibility index (Phi) is 4.82. The maximum atomic E-state index is 10.5. The fourth-order valence-corrected chi connectivity index (χ4v) is 1.66. The van der Waals surface area contributed by atoms with Crippen molar-refractivity contribution in [3.05, 3.63) is 71.8 Å². The van der Waals surface area contributed by atoms with Gasteiger partial charge >= 0.3 is 0 Å². The highest BCUT2D eigenvalue weighted by molar-refractivity contribution is 5.40. The highest BCUT2D eigenvalue weighted by Crippen LogP contribution is 2.24. The maximum Gasteiger partial charge on any atom is 0.235 e. The van der Waals surface area contributed by atoms with Crippen LogP contribution in [-0.2, 0) is 4.79 Å². The van der Waals surface area contributed by atoms with Crippen LogP contribution < -0.4 is 6.15 Å². The zero-order chi connectivity index (χ0) is 11.2. The molecule has 3 nitrogen and oxygen atoms in total. The number of hydrogen-bond acceptors (Lipinski definition) is 3. The lowest BCUT2D eigenvalue weighted by molar-refractivity contribution is 0.560. The molecule has 0 saturated carbocycles. The van der Waals surface area contributed by atoms with Crippen molar-refractivity contribution in [2.45, 2.75) is 6.04 Å². The molecule has 0 aliphatic rings. The minimum atomic E-state index is -0.250. The predicted octanol–water partition coefficient (Wildman–Crippen LogP) is 3.27. The van der Waals surface area contributed by atoms with Crippen molar-refractivity contribution >= 4 is 6.08 Å². The van der Waals surface area contributed by atoms with Crippen molar-refractivity contribution in [2.75, 3.05) is 0 Å². The largest absolute Gasteiger partial charge is 0.344 e. The Morgan fingerprint density at radius 1 is 0.824 bits per heavy atom. The van der Waals surface area contributed by atoms with E-state index in [0.29, 0.717) is 0 Å². The average Bonchev–Trinajstić information content (AvgIpc) is 2.38. The summed E-state index contributed by atoms with van der Waals surface area (Å²) >= 11 is 0. The monoisotopic (exact) mass is 226 g/mol. The molecular weight excluding hydrogens is 212 g/mol. The van der Waals surface area contributed by atoms with Crippen molar-refractivity contribution in [3.8, 4) is 0 Å². The van der Waals surface area contributed by atoms with Gasteiger partial charge in [0.2, 0.25) is 6.08 Å². The second kappa shape index (κ2) is 6.38. The molecule has 0 heterocycles. The van der Waals surface area contributed by atoms with E-state index >= 15 is 0 Å². The van der Waals surface area contributed by atoms with Crippen molar-refractivity contribution in [1.29, 1.82) is 0 Å². The lowest BCUT2D eigenvalue weighted by Crippen LogP contribution is -1.96. The molecule has 3 N–H and O–H groups in total. The smallest absolute Gasteiger partial charge is 0.235 e. The van der Waals surface area contributed by atoms with Crippen LogP contribution in [0, 0.1) is 0 Å². The van der Waals surface area contributed by atoms with Crippen LogP contribution in [0.1, 0.15) is 17.2 Å². The van der Waals surface area contributed by atoms with E-state index < -0.39 is 0 Å². The lowest BCUT2D eigenvalue weighted by atomic mass is 10.00. The summed E-state index contributed by atoms with van der Waals surface area (Å²) in [5.74, 6) is 0. The zero-order valence-corrected chi connectivity index (χ0v) is 9.41. The minimum absolute atomic E-state index is 0. The van der Waals surface area contributed by atoms with Crippen LogP contribution in [0.15, 0.2) is 65.7 Å². The van der Waals surface area contributed by atoms with E-state index in [2.05, 4.69) is 4.99 Å². The zero-order valence-electron chi connectivity index (χ0n) is 9.41. The molecule has 0 bridgehead atoms. The quantitative estimate of drug-likeness (QED) is 0.644. The molecule has 0 atom stereocenters. The summed E-state index contributed by atoms with van der Waals surface area (Å²) < 4.78 is 0. The Labute approximate surface area is 100 Å². The number of aliphatic imine (C=N–C) groups is 1. The first-order valence-electron chi connectivity index (χ1n) is 5.08. The molecule has 0 fully saturated rings. The van der Waals surface area contributed by atoms with Crippen molar-refractivity contribution in [3.63, 3.8) is 0 Å². The van der Waals surface area contributed by atoms with E-state index in [1.165, 1.54) is 0 Å². The number of hydrogen-bond donors (Lipinski definition) is 1. The van der Waals surface area contributed by atoms with Gasteiger partial charge in [-0.15, -0.1) is 0 Å². The molecule has 0 aliphatic carbocycles. The summed E-state index contributed by atoms with van der Waals surface area (Å²) in [6.45, 7) is 0. The highest BCUT2D eigenvalue weighted by Gasteiger charge is 2.11. The first-order chi connectivity index (χ1) is 7.92. The topological polar surface area (TPSA) is 64.4 Å². The summed E-state index contributed by atoms with van der Waals surface area (Å²) in [7, 11) is 0. The maximum absolute atomic E-state index is 10.5. The normalized spacial score (nSPS) is 9.24. The van der Waals surface area contributed by atoms with Gasteiger partial charge in [0, 0.05) is 0 Å². The van der Waals surface area contributed by atoms with Crippen LogP contribution in [0.25, 0.3) is 0 Å². The van der Waals surface area contributed by atoms with Crippen molar-refractivity contribution in [2.24, 2.45) is 4.99 Å². The van der Waals surface area contributed by atoms with E-state index in [0.717, 1.165) is 11.1 Å². The van der Waals surface area contributed by atoms with Gasteiger partial charge in [0.05, 0.1) is 0 Å². The molecule has 2 rings (SSSR count). The van der Waals surface area contributed by atoms with Crippen LogP contribution in [0.2, 0.25) is 0 Å². The summed E-state index contributed by atoms with van der Waals surface area (Å²) in [4.78, 5) is 14.3. The molecule has 3 heteroatoms. The summed E-state index contributed by atoms with van der Waals surface area (Å²) in [6.07, 6.45) is 1.64. The first-order valence-corrected chi connectivity index (χ1v) is 5.08. The van der Waals surface area contributed by atoms with Crippen molar-refractivity contribution < 1.29 is 4.79 Å². The fraction of sp³-hybridized carbons (Fsp3) is 0.0714. The molecule has 0 aliphatic heterocycles. The Balaban J connectivity index is 0.00000144. The fourth-order valence-electron chi connectivity index (χ4n) is 1.66. The number of isocyanates is 1. The second-order valence-electron chi connectivity index (χ2n) is 3.44. The molecule has 0 radical (unpaired) electrons.